The van der Waals surface area contributed by atoms with Gasteiger partial charge < -0.3 is 15.5 Å². The van der Waals surface area contributed by atoms with Crippen molar-refractivity contribution in [3.8, 4) is 5.69 Å². The van der Waals surface area contributed by atoms with Gasteiger partial charge in [0.25, 0.3) is 0 Å². The lowest BCUT2D eigenvalue weighted by Gasteiger charge is -2.21. The highest BCUT2D eigenvalue weighted by Gasteiger charge is 2.23. The Labute approximate surface area is 191 Å². The summed E-state index contributed by atoms with van der Waals surface area (Å²) in [6, 6.07) is 12.5. The van der Waals surface area contributed by atoms with Gasteiger partial charge in [0, 0.05) is 23.7 Å². The van der Waals surface area contributed by atoms with Crippen LogP contribution in [0.2, 0.25) is 0 Å². The standard InChI is InChI=1S/C24H27F2N5O2/c1-5-30(23(33)27-18-8-6-7-17(26)13-18)15-22(32)28-21-14-20(24(2,3)4)29-31(21)19-11-9-16(25)10-12-19/h6-14H,5,15H2,1-4H3,(H,27,33)(H,28,32). The van der Waals surface area contributed by atoms with Gasteiger partial charge in [-0.1, -0.05) is 26.8 Å². The number of nitrogens with zero attached hydrogens (tertiary/aromatic N) is 3. The molecule has 3 amide bonds. The molecule has 33 heavy (non-hydrogen) atoms. The third-order valence-electron chi connectivity index (χ3n) is 4.90. The van der Waals surface area contributed by atoms with E-state index in [-0.39, 0.29) is 24.3 Å². The second kappa shape index (κ2) is 9.81. The van der Waals surface area contributed by atoms with Gasteiger partial charge in [-0.05, 0) is 49.4 Å². The Morgan fingerprint density at radius 2 is 1.70 bits per heavy atom. The number of urea groups is 1. The number of amides is 3. The molecule has 0 aliphatic heterocycles. The van der Waals surface area contributed by atoms with Gasteiger partial charge in [0.05, 0.1) is 11.4 Å². The number of likely N-dealkylation sites (N-methyl/N-ethyl adjacent to an activating group) is 1. The molecule has 9 heteroatoms. The van der Waals surface area contributed by atoms with Crippen molar-refractivity contribution in [2.24, 2.45) is 0 Å². The zero-order valence-corrected chi connectivity index (χ0v) is 19.0. The van der Waals surface area contributed by atoms with Crippen molar-refractivity contribution in [1.29, 1.82) is 0 Å². The number of nitrogens with one attached hydrogen (secondary N) is 2. The second-order valence-electron chi connectivity index (χ2n) is 8.56. The predicted molar refractivity (Wildman–Crippen MR) is 124 cm³/mol. The van der Waals surface area contributed by atoms with Gasteiger partial charge in [0.2, 0.25) is 5.91 Å². The molecule has 1 aromatic heterocycles. The van der Waals surface area contributed by atoms with Gasteiger partial charge in [-0.15, -0.1) is 0 Å². The number of halogens is 2. The average Bonchev–Trinajstić information content (AvgIpc) is 3.16. The molecule has 0 atom stereocenters. The van der Waals surface area contributed by atoms with Crippen LogP contribution in [-0.2, 0) is 10.2 Å². The van der Waals surface area contributed by atoms with E-state index in [0.717, 1.165) is 5.69 Å². The molecule has 0 saturated carbocycles. The van der Waals surface area contributed by atoms with E-state index in [9.17, 15) is 18.4 Å². The minimum Gasteiger partial charge on any atom is -0.315 e. The minimum atomic E-state index is -0.527. The number of benzene rings is 2. The first-order valence-corrected chi connectivity index (χ1v) is 10.5. The fourth-order valence-corrected chi connectivity index (χ4v) is 3.07. The molecular weight excluding hydrogens is 428 g/mol. The molecule has 1 heterocycles. The third-order valence-corrected chi connectivity index (χ3v) is 4.90. The van der Waals surface area contributed by atoms with Crippen LogP contribution in [0, 0.1) is 11.6 Å². The number of carbonyl (C=O) groups excluding carboxylic acids is 2. The monoisotopic (exact) mass is 455 g/mol. The molecule has 7 nitrogen and oxygen atoms in total. The summed E-state index contributed by atoms with van der Waals surface area (Å²) < 4.78 is 28.3. The fourth-order valence-electron chi connectivity index (χ4n) is 3.07. The summed E-state index contributed by atoms with van der Waals surface area (Å²) in [4.78, 5) is 26.6. The first kappa shape index (κ1) is 23.9. The van der Waals surface area contributed by atoms with Crippen molar-refractivity contribution in [3.63, 3.8) is 0 Å². The van der Waals surface area contributed by atoms with Crippen molar-refractivity contribution in [3.05, 3.63) is 71.9 Å². The topological polar surface area (TPSA) is 79.3 Å². The minimum absolute atomic E-state index is 0.225. The van der Waals surface area contributed by atoms with E-state index in [4.69, 9.17) is 0 Å². The van der Waals surface area contributed by atoms with E-state index in [1.165, 1.54) is 39.9 Å². The maximum Gasteiger partial charge on any atom is 0.322 e. The van der Waals surface area contributed by atoms with Gasteiger partial charge in [0.1, 0.15) is 24.0 Å². The summed E-state index contributed by atoms with van der Waals surface area (Å²) in [5.74, 6) is -0.888. The van der Waals surface area contributed by atoms with Crippen LogP contribution >= 0.6 is 0 Å². The van der Waals surface area contributed by atoms with Crippen LogP contribution in [-0.4, -0.2) is 39.7 Å². The second-order valence-corrected chi connectivity index (χ2v) is 8.56. The lowest BCUT2D eigenvalue weighted by molar-refractivity contribution is -0.116. The highest BCUT2D eigenvalue weighted by molar-refractivity contribution is 5.96. The number of rotatable bonds is 6. The quantitative estimate of drug-likeness (QED) is 0.553. The van der Waals surface area contributed by atoms with Crippen LogP contribution in [0.25, 0.3) is 5.69 Å². The molecule has 3 aromatic rings. The molecule has 0 spiro atoms. The van der Waals surface area contributed by atoms with Crippen molar-refractivity contribution in [1.82, 2.24) is 14.7 Å². The number of anilines is 2. The fraction of sp³-hybridized carbons (Fsp3) is 0.292. The summed E-state index contributed by atoms with van der Waals surface area (Å²) in [7, 11) is 0. The van der Waals surface area contributed by atoms with Gasteiger partial charge in [-0.2, -0.15) is 5.10 Å². The molecule has 0 aliphatic carbocycles. The Morgan fingerprint density at radius 1 is 1.00 bits per heavy atom. The van der Waals surface area contributed by atoms with E-state index >= 15 is 0 Å². The smallest absolute Gasteiger partial charge is 0.315 e. The maximum absolute atomic E-state index is 13.4. The van der Waals surface area contributed by atoms with Gasteiger partial charge in [0.15, 0.2) is 0 Å². The first-order valence-electron chi connectivity index (χ1n) is 10.5. The van der Waals surface area contributed by atoms with Gasteiger partial charge in [-0.25, -0.2) is 18.3 Å². The summed E-state index contributed by atoms with van der Waals surface area (Å²) >= 11 is 0. The Morgan fingerprint density at radius 3 is 2.30 bits per heavy atom. The molecule has 3 rings (SSSR count). The number of hydrogen-bond donors (Lipinski definition) is 2. The lowest BCUT2D eigenvalue weighted by atomic mass is 9.92. The van der Waals surface area contributed by atoms with E-state index in [0.29, 0.717) is 17.2 Å². The Balaban J connectivity index is 1.77. The Bertz CT molecular complexity index is 1140. The van der Waals surface area contributed by atoms with E-state index < -0.39 is 17.8 Å². The lowest BCUT2D eigenvalue weighted by Crippen LogP contribution is -2.40. The Kier molecular flexibility index (Phi) is 7.10. The molecule has 174 valence electrons. The zero-order chi connectivity index (χ0) is 24.2. The van der Waals surface area contributed by atoms with Crippen molar-refractivity contribution >= 4 is 23.4 Å². The van der Waals surface area contributed by atoms with Crippen LogP contribution in [0.15, 0.2) is 54.6 Å². The zero-order valence-electron chi connectivity index (χ0n) is 19.0. The largest absolute Gasteiger partial charge is 0.322 e. The molecule has 0 saturated heterocycles. The summed E-state index contributed by atoms with van der Waals surface area (Å²) in [6.45, 7) is 7.75. The van der Waals surface area contributed by atoms with E-state index in [2.05, 4.69) is 15.7 Å². The van der Waals surface area contributed by atoms with Crippen LogP contribution < -0.4 is 10.6 Å². The number of carbonyl (C=O) groups is 2. The summed E-state index contributed by atoms with van der Waals surface area (Å²) in [6.07, 6.45) is 0. The molecule has 0 aliphatic rings. The van der Waals surface area contributed by atoms with Crippen LogP contribution in [0.5, 0.6) is 0 Å². The van der Waals surface area contributed by atoms with Crippen LogP contribution in [0.4, 0.5) is 25.1 Å². The average molecular weight is 456 g/mol. The maximum atomic E-state index is 13.4. The van der Waals surface area contributed by atoms with Gasteiger partial charge >= 0.3 is 6.03 Å². The highest BCUT2D eigenvalue weighted by Crippen LogP contribution is 2.26. The third kappa shape index (κ3) is 6.15. The van der Waals surface area contributed by atoms with Crippen molar-refractivity contribution < 1.29 is 18.4 Å². The number of aromatic nitrogens is 2. The number of hydrogen-bond acceptors (Lipinski definition) is 3. The van der Waals surface area contributed by atoms with E-state index in [1.807, 2.05) is 20.8 Å². The Hall–Kier alpha value is -3.75. The summed E-state index contributed by atoms with van der Waals surface area (Å²) in [5.41, 5.74) is 1.32. The SMILES string of the molecule is CCN(CC(=O)Nc1cc(C(C)(C)C)nn1-c1ccc(F)cc1)C(=O)Nc1cccc(F)c1. The molecular formula is C24H27F2N5O2. The highest BCUT2D eigenvalue weighted by atomic mass is 19.1. The van der Waals surface area contributed by atoms with Crippen molar-refractivity contribution in [2.45, 2.75) is 33.1 Å². The molecule has 2 N–H and O–H groups in total. The summed E-state index contributed by atoms with van der Waals surface area (Å²) in [5, 5.41) is 9.96. The van der Waals surface area contributed by atoms with Crippen LogP contribution in [0.1, 0.15) is 33.4 Å². The normalized spacial score (nSPS) is 11.2. The van der Waals surface area contributed by atoms with Crippen molar-refractivity contribution in [2.75, 3.05) is 23.7 Å². The van der Waals surface area contributed by atoms with E-state index in [1.54, 1.807) is 31.2 Å². The molecule has 0 unspecified atom stereocenters. The molecule has 0 radical (unpaired) electrons. The molecule has 0 bridgehead atoms. The van der Waals surface area contributed by atoms with Crippen LogP contribution in [0.3, 0.4) is 0 Å². The molecule has 0 fully saturated rings. The predicted octanol–water partition coefficient (Wildman–Crippen LogP) is 4.94. The first-order chi connectivity index (χ1) is 15.6. The molecule has 2 aromatic carbocycles. The van der Waals surface area contributed by atoms with Gasteiger partial charge in [-0.3, -0.25) is 4.79 Å².